The van der Waals surface area contributed by atoms with Crippen LogP contribution in [0.25, 0.3) is 0 Å². The smallest absolute Gasteiger partial charge is 0.0841 e. The molecule has 120 valence electrons. The maximum atomic E-state index is 5.46. The van der Waals surface area contributed by atoms with Gasteiger partial charge in [-0.2, -0.15) is 0 Å². The summed E-state index contributed by atoms with van der Waals surface area (Å²) in [5.74, 6) is 0. The lowest BCUT2D eigenvalue weighted by Crippen LogP contribution is -1.92. The SMILES string of the molecule is CCCCC1OC1CCC.CCCCCC1OC1CC. The van der Waals surface area contributed by atoms with Gasteiger partial charge >= 0.3 is 0 Å². The highest BCUT2D eigenvalue weighted by atomic mass is 16.6. The van der Waals surface area contributed by atoms with Crippen LogP contribution < -0.4 is 0 Å². The molecule has 2 heteroatoms. The highest BCUT2D eigenvalue weighted by Gasteiger charge is 2.36. The van der Waals surface area contributed by atoms with Crippen molar-refractivity contribution in [2.75, 3.05) is 0 Å². The van der Waals surface area contributed by atoms with Gasteiger partial charge in [-0.15, -0.1) is 0 Å². The monoisotopic (exact) mass is 284 g/mol. The third kappa shape index (κ3) is 7.64. The van der Waals surface area contributed by atoms with Crippen LogP contribution in [0.5, 0.6) is 0 Å². The molecule has 0 aromatic rings. The summed E-state index contributed by atoms with van der Waals surface area (Å²) in [5.41, 5.74) is 0. The van der Waals surface area contributed by atoms with Crippen LogP contribution in [0.3, 0.4) is 0 Å². The highest BCUT2D eigenvalue weighted by Crippen LogP contribution is 2.30. The fraction of sp³-hybridized carbons (Fsp3) is 1.00. The summed E-state index contributed by atoms with van der Waals surface area (Å²) in [7, 11) is 0. The van der Waals surface area contributed by atoms with E-state index >= 15 is 0 Å². The minimum Gasteiger partial charge on any atom is -0.370 e. The van der Waals surface area contributed by atoms with Crippen LogP contribution in [0.4, 0.5) is 0 Å². The Morgan fingerprint density at radius 1 is 0.550 bits per heavy atom. The molecule has 0 amide bonds. The second-order valence-corrected chi connectivity index (χ2v) is 6.26. The lowest BCUT2D eigenvalue weighted by Gasteiger charge is -1.92. The fourth-order valence-corrected chi connectivity index (χ4v) is 2.76. The molecule has 0 bridgehead atoms. The van der Waals surface area contributed by atoms with Gasteiger partial charge in [-0.3, -0.25) is 0 Å². The number of epoxide rings is 2. The Bertz CT molecular complexity index is 229. The first-order valence-corrected chi connectivity index (χ1v) is 9.07. The van der Waals surface area contributed by atoms with E-state index in [1.54, 1.807) is 0 Å². The van der Waals surface area contributed by atoms with Crippen LogP contribution in [-0.2, 0) is 9.47 Å². The zero-order valence-corrected chi connectivity index (χ0v) is 14.2. The largest absolute Gasteiger partial charge is 0.370 e. The van der Waals surface area contributed by atoms with Crippen LogP contribution in [0.1, 0.15) is 91.9 Å². The summed E-state index contributed by atoms with van der Waals surface area (Å²) in [5, 5.41) is 0. The van der Waals surface area contributed by atoms with Crippen molar-refractivity contribution in [2.45, 2.75) is 116 Å². The third-order valence-corrected chi connectivity index (χ3v) is 4.29. The van der Waals surface area contributed by atoms with Gasteiger partial charge in [0.2, 0.25) is 0 Å². The molecule has 2 nitrogen and oxygen atoms in total. The predicted octanol–water partition coefficient (Wildman–Crippen LogP) is 5.49. The summed E-state index contributed by atoms with van der Waals surface area (Å²) in [6.45, 7) is 8.89. The molecule has 0 aromatic heterocycles. The Balaban J connectivity index is 0.000000200. The number of rotatable bonds is 10. The Kier molecular flexibility index (Phi) is 9.54. The maximum absolute atomic E-state index is 5.46. The van der Waals surface area contributed by atoms with Crippen molar-refractivity contribution in [3.8, 4) is 0 Å². The Morgan fingerprint density at radius 2 is 1.10 bits per heavy atom. The molecule has 2 saturated heterocycles. The van der Waals surface area contributed by atoms with E-state index in [1.165, 1.54) is 64.2 Å². The fourth-order valence-electron chi connectivity index (χ4n) is 2.76. The van der Waals surface area contributed by atoms with E-state index in [0.717, 1.165) is 0 Å². The van der Waals surface area contributed by atoms with Crippen molar-refractivity contribution in [3.63, 3.8) is 0 Å². The van der Waals surface area contributed by atoms with Gasteiger partial charge in [0.15, 0.2) is 0 Å². The van der Waals surface area contributed by atoms with Crippen LogP contribution in [-0.4, -0.2) is 24.4 Å². The zero-order chi connectivity index (χ0) is 14.8. The van der Waals surface area contributed by atoms with E-state index in [9.17, 15) is 0 Å². The third-order valence-electron chi connectivity index (χ3n) is 4.29. The quantitative estimate of drug-likeness (QED) is 0.391. The summed E-state index contributed by atoms with van der Waals surface area (Å²) in [6, 6.07) is 0. The van der Waals surface area contributed by atoms with Crippen molar-refractivity contribution >= 4 is 0 Å². The van der Waals surface area contributed by atoms with Crippen molar-refractivity contribution < 1.29 is 9.47 Å². The molecule has 4 atom stereocenters. The Hall–Kier alpha value is -0.0800. The number of hydrogen-bond acceptors (Lipinski definition) is 2. The van der Waals surface area contributed by atoms with Crippen LogP contribution >= 0.6 is 0 Å². The molecule has 2 fully saturated rings. The molecule has 4 unspecified atom stereocenters. The second kappa shape index (κ2) is 10.6. The summed E-state index contributed by atoms with van der Waals surface area (Å²) >= 11 is 0. The first kappa shape index (κ1) is 18.0. The molecule has 0 spiro atoms. The molecule has 0 radical (unpaired) electrons. The molecule has 2 rings (SSSR count). The summed E-state index contributed by atoms with van der Waals surface area (Å²) in [4.78, 5) is 0. The molecule has 2 aliphatic heterocycles. The molecule has 2 heterocycles. The van der Waals surface area contributed by atoms with Gasteiger partial charge in [0, 0.05) is 0 Å². The van der Waals surface area contributed by atoms with E-state index in [2.05, 4.69) is 27.7 Å². The molecule has 20 heavy (non-hydrogen) atoms. The standard InChI is InChI=1S/2C9H18O/c1-3-5-6-7-9-8(4-2)10-9;1-3-5-7-9-8(10-9)6-4-2/h2*8-9H,3-7H2,1-2H3. The van der Waals surface area contributed by atoms with Crippen LogP contribution in [0.15, 0.2) is 0 Å². The van der Waals surface area contributed by atoms with Gasteiger partial charge in [-0.1, -0.05) is 66.2 Å². The number of unbranched alkanes of at least 4 members (excludes halogenated alkanes) is 3. The van der Waals surface area contributed by atoms with Gasteiger partial charge in [-0.05, 0) is 25.7 Å². The first-order valence-electron chi connectivity index (χ1n) is 9.07. The van der Waals surface area contributed by atoms with Crippen molar-refractivity contribution in [1.29, 1.82) is 0 Å². The van der Waals surface area contributed by atoms with E-state index in [1.807, 2.05) is 0 Å². The van der Waals surface area contributed by atoms with Gasteiger partial charge in [0.1, 0.15) is 0 Å². The Labute approximate surface area is 126 Å². The normalized spacial score (nSPS) is 30.6. The van der Waals surface area contributed by atoms with E-state index in [4.69, 9.17) is 9.47 Å². The molecule has 0 N–H and O–H groups in total. The van der Waals surface area contributed by atoms with Crippen LogP contribution in [0.2, 0.25) is 0 Å². The second-order valence-electron chi connectivity index (χ2n) is 6.26. The number of ether oxygens (including phenoxy) is 2. The van der Waals surface area contributed by atoms with E-state index < -0.39 is 0 Å². The molecule has 0 aliphatic carbocycles. The van der Waals surface area contributed by atoms with Crippen molar-refractivity contribution in [1.82, 2.24) is 0 Å². The molecule has 0 aromatic carbocycles. The Morgan fingerprint density at radius 3 is 1.65 bits per heavy atom. The number of hydrogen-bond donors (Lipinski definition) is 0. The van der Waals surface area contributed by atoms with Crippen molar-refractivity contribution in [3.05, 3.63) is 0 Å². The van der Waals surface area contributed by atoms with Crippen LogP contribution in [0, 0.1) is 0 Å². The molecule has 2 aliphatic rings. The van der Waals surface area contributed by atoms with E-state index in [0.29, 0.717) is 24.4 Å². The lowest BCUT2D eigenvalue weighted by atomic mass is 10.1. The average molecular weight is 284 g/mol. The van der Waals surface area contributed by atoms with E-state index in [-0.39, 0.29) is 0 Å². The van der Waals surface area contributed by atoms with Gasteiger partial charge in [-0.25, -0.2) is 0 Å². The average Bonchev–Trinajstić information content (AvgIpc) is 3.35. The maximum Gasteiger partial charge on any atom is 0.0841 e. The predicted molar refractivity (Wildman–Crippen MR) is 86.2 cm³/mol. The highest BCUT2D eigenvalue weighted by molar-refractivity contribution is 4.83. The zero-order valence-electron chi connectivity index (χ0n) is 14.2. The minimum absolute atomic E-state index is 0.622. The van der Waals surface area contributed by atoms with Gasteiger partial charge in [0.05, 0.1) is 24.4 Å². The summed E-state index contributed by atoms with van der Waals surface area (Å²) in [6.07, 6.45) is 15.6. The topological polar surface area (TPSA) is 25.1 Å². The van der Waals surface area contributed by atoms with Crippen molar-refractivity contribution in [2.24, 2.45) is 0 Å². The molecular formula is C18H36O2. The molecule has 0 saturated carbocycles. The molecular weight excluding hydrogens is 248 g/mol. The lowest BCUT2D eigenvalue weighted by molar-refractivity contribution is 0.352. The van der Waals surface area contributed by atoms with Gasteiger partial charge in [0.25, 0.3) is 0 Å². The first-order chi connectivity index (χ1) is 9.76. The van der Waals surface area contributed by atoms with Gasteiger partial charge < -0.3 is 9.47 Å². The minimum atomic E-state index is 0.622. The summed E-state index contributed by atoms with van der Waals surface area (Å²) < 4.78 is 10.9.